The zero-order valence-electron chi connectivity index (χ0n) is 10.1. The highest BCUT2D eigenvalue weighted by Gasteiger charge is 2.22. The fraction of sp³-hybridized carbons (Fsp3) is 0.0714. The second-order valence-corrected chi connectivity index (χ2v) is 3.95. The number of carbonyl (C=O) groups excluding carboxylic acids is 1. The summed E-state index contributed by atoms with van der Waals surface area (Å²) >= 11 is 0. The maximum Gasteiger partial charge on any atom is 0.264 e. The van der Waals surface area contributed by atoms with Gasteiger partial charge in [-0.2, -0.15) is 0 Å². The second kappa shape index (κ2) is 5.06. The predicted molar refractivity (Wildman–Crippen MR) is 67.2 cm³/mol. The molecule has 2 aromatic rings. The van der Waals surface area contributed by atoms with E-state index in [-0.39, 0.29) is 5.69 Å². The molecule has 98 valence electrons. The van der Waals surface area contributed by atoms with Crippen LogP contribution in [-0.4, -0.2) is 18.1 Å². The van der Waals surface area contributed by atoms with Crippen LogP contribution < -0.4 is 4.90 Å². The van der Waals surface area contributed by atoms with E-state index in [1.165, 1.54) is 37.4 Å². The molecule has 3 nitrogen and oxygen atoms in total. The molecule has 0 aliphatic carbocycles. The third kappa shape index (κ3) is 2.40. The molecule has 0 unspecified atom stereocenters. The molecule has 0 aliphatic heterocycles. The largest absolute Gasteiger partial charge is 0.507 e. The Morgan fingerprint density at radius 1 is 1.05 bits per heavy atom. The van der Waals surface area contributed by atoms with E-state index < -0.39 is 28.9 Å². The van der Waals surface area contributed by atoms with Crippen molar-refractivity contribution >= 4 is 11.6 Å². The molecule has 1 N–H and O–H groups in total. The highest BCUT2D eigenvalue weighted by molar-refractivity contribution is 6.07. The molecule has 0 saturated carbocycles. The molecule has 19 heavy (non-hydrogen) atoms. The van der Waals surface area contributed by atoms with Crippen LogP contribution in [0.2, 0.25) is 0 Å². The molecule has 0 radical (unpaired) electrons. The summed E-state index contributed by atoms with van der Waals surface area (Å²) in [7, 11) is 1.31. The van der Waals surface area contributed by atoms with Crippen molar-refractivity contribution in [3.8, 4) is 5.75 Å². The van der Waals surface area contributed by atoms with Crippen molar-refractivity contribution < 1.29 is 18.7 Å². The number of aromatic hydroxyl groups is 1. The molecule has 0 bridgehead atoms. The van der Waals surface area contributed by atoms with Gasteiger partial charge in [-0.05, 0) is 24.3 Å². The standard InChI is InChI=1S/C14H11F2NO2/c1-17(11-7-3-2-5-9(11)15)14(19)13-10(16)6-4-8-12(13)18/h2-8,18H,1H3. The van der Waals surface area contributed by atoms with E-state index >= 15 is 0 Å². The number of carbonyl (C=O) groups is 1. The van der Waals surface area contributed by atoms with Crippen LogP contribution in [0.25, 0.3) is 0 Å². The number of para-hydroxylation sites is 1. The van der Waals surface area contributed by atoms with E-state index in [9.17, 15) is 18.7 Å². The Balaban J connectivity index is 2.43. The summed E-state index contributed by atoms with van der Waals surface area (Å²) in [5.41, 5.74) is -0.469. The predicted octanol–water partition coefficient (Wildman–Crippen LogP) is 2.95. The summed E-state index contributed by atoms with van der Waals surface area (Å²) < 4.78 is 27.1. The molecule has 1 amide bonds. The number of hydrogen-bond donors (Lipinski definition) is 1. The Hall–Kier alpha value is -2.43. The van der Waals surface area contributed by atoms with Gasteiger partial charge in [0.2, 0.25) is 0 Å². The number of phenols is 1. The van der Waals surface area contributed by atoms with E-state index in [1.807, 2.05) is 0 Å². The molecule has 5 heteroatoms. The number of hydrogen-bond acceptors (Lipinski definition) is 2. The van der Waals surface area contributed by atoms with Crippen LogP contribution in [0.4, 0.5) is 14.5 Å². The van der Waals surface area contributed by atoms with E-state index in [0.717, 1.165) is 11.0 Å². The van der Waals surface area contributed by atoms with Crippen molar-refractivity contribution in [3.05, 3.63) is 59.7 Å². The monoisotopic (exact) mass is 263 g/mol. The smallest absolute Gasteiger partial charge is 0.264 e. The van der Waals surface area contributed by atoms with Gasteiger partial charge in [0, 0.05) is 7.05 Å². The molecule has 0 aromatic heterocycles. The topological polar surface area (TPSA) is 40.5 Å². The number of nitrogens with zero attached hydrogens (tertiary/aromatic N) is 1. The fourth-order valence-electron chi connectivity index (χ4n) is 1.73. The van der Waals surface area contributed by atoms with Gasteiger partial charge in [0.05, 0.1) is 5.69 Å². The molecule has 0 spiro atoms. The Morgan fingerprint density at radius 3 is 2.32 bits per heavy atom. The van der Waals surface area contributed by atoms with Crippen LogP contribution in [-0.2, 0) is 0 Å². The highest BCUT2D eigenvalue weighted by atomic mass is 19.1. The average molecular weight is 263 g/mol. The molecule has 2 aromatic carbocycles. The third-order valence-corrected chi connectivity index (χ3v) is 2.72. The summed E-state index contributed by atoms with van der Waals surface area (Å²) in [6.45, 7) is 0. The lowest BCUT2D eigenvalue weighted by molar-refractivity contribution is 0.0985. The summed E-state index contributed by atoms with van der Waals surface area (Å²) in [6.07, 6.45) is 0. The SMILES string of the molecule is CN(C(=O)c1c(O)cccc1F)c1ccccc1F. The van der Waals surface area contributed by atoms with Crippen molar-refractivity contribution in [1.82, 2.24) is 0 Å². The van der Waals surface area contributed by atoms with Crippen molar-refractivity contribution in [2.24, 2.45) is 0 Å². The van der Waals surface area contributed by atoms with E-state index in [4.69, 9.17) is 0 Å². The Kier molecular flexibility index (Phi) is 3.46. The summed E-state index contributed by atoms with van der Waals surface area (Å²) in [6, 6.07) is 9.17. The first-order valence-electron chi connectivity index (χ1n) is 5.52. The number of rotatable bonds is 2. The third-order valence-electron chi connectivity index (χ3n) is 2.72. The van der Waals surface area contributed by atoms with Crippen LogP contribution in [0.5, 0.6) is 5.75 Å². The molecular formula is C14H11F2NO2. The fourth-order valence-corrected chi connectivity index (χ4v) is 1.73. The zero-order chi connectivity index (χ0) is 14.0. The maximum atomic E-state index is 13.6. The van der Waals surface area contributed by atoms with Crippen molar-refractivity contribution in [3.63, 3.8) is 0 Å². The van der Waals surface area contributed by atoms with Gasteiger partial charge in [-0.25, -0.2) is 8.78 Å². The van der Waals surface area contributed by atoms with Crippen molar-refractivity contribution in [2.75, 3.05) is 11.9 Å². The van der Waals surface area contributed by atoms with E-state index in [2.05, 4.69) is 0 Å². The minimum atomic E-state index is -0.854. The molecule has 2 rings (SSSR count). The zero-order valence-corrected chi connectivity index (χ0v) is 10.1. The number of amides is 1. The molecule has 0 aliphatic rings. The van der Waals surface area contributed by atoms with Crippen LogP contribution in [0.15, 0.2) is 42.5 Å². The second-order valence-electron chi connectivity index (χ2n) is 3.95. The number of phenolic OH excluding ortho intramolecular Hbond substituents is 1. The first-order valence-corrected chi connectivity index (χ1v) is 5.52. The van der Waals surface area contributed by atoms with Gasteiger partial charge in [0.1, 0.15) is 22.9 Å². The van der Waals surface area contributed by atoms with Crippen LogP contribution in [0.1, 0.15) is 10.4 Å². The average Bonchev–Trinajstić information content (AvgIpc) is 2.38. The van der Waals surface area contributed by atoms with E-state index in [1.54, 1.807) is 6.07 Å². The van der Waals surface area contributed by atoms with Gasteiger partial charge >= 0.3 is 0 Å². The normalized spacial score (nSPS) is 10.3. The summed E-state index contributed by atoms with van der Waals surface area (Å²) in [4.78, 5) is 13.1. The molecule has 0 heterocycles. The maximum absolute atomic E-state index is 13.6. The van der Waals surface area contributed by atoms with Crippen molar-refractivity contribution in [1.29, 1.82) is 0 Å². The number of benzene rings is 2. The van der Waals surface area contributed by atoms with Crippen LogP contribution in [0.3, 0.4) is 0 Å². The number of halogens is 2. The first kappa shape index (κ1) is 13.0. The Morgan fingerprint density at radius 2 is 1.68 bits per heavy atom. The van der Waals surface area contributed by atoms with Gasteiger partial charge < -0.3 is 10.0 Å². The van der Waals surface area contributed by atoms with E-state index in [0.29, 0.717) is 0 Å². The van der Waals surface area contributed by atoms with Gasteiger partial charge in [-0.15, -0.1) is 0 Å². The molecular weight excluding hydrogens is 252 g/mol. The lowest BCUT2D eigenvalue weighted by atomic mass is 10.1. The summed E-state index contributed by atoms with van der Waals surface area (Å²) in [5.74, 6) is -2.75. The molecule has 0 atom stereocenters. The Labute approximate surface area is 108 Å². The molecule has 0 saturated heterocycles. The van der Waals surface area contributed by atoms with Crippen molar-refractivity contribution in [2.45, 2.75) is 0 Å². The highest BCUT2D eigenvalue weighted by Crippen LogP contribution is 2.25. The lowest BCUT2D eigenvalue weighted by Crippen LogP contribution is -2.28. The van der Waals surface area contributed by atoms with Crippen LogP contribution in [0, 0.1) is 11.6 Å². The van der Waals surface area contributed by atoms with Gasteiger partial charge in [-0.3, -0.25) is 4.79 Å². The first-order chi connectivity index (χ1) is 9.02. The quantitative estimate of drug-likeness (QED) is 0.905. The minimum Gasteiger partial charge on any atom is -0.507 e. The number of anilines is 1. The Bertz CT molecular complexity index is 608. The van der Waals surface area contributed by atoms with Gasteiger partial charge in [0.25, 0.3) is 5.91 Å². The molecule has 0 fully saturated rings. The van der Waals surface area contributed by atoms with Gasteiger partial charge in [-0.1, -0.05) is 18.2 Å². The minimum absolute atomic E-state index is 0.00940. The lowest BCUT2D eigenvalue weighted by Gasteiger charge is -2.18. The summed E-state index contributed by atoms with van der Waals surface area (Å²) in [5, 5.41) is 9.55. The van der Waals surface area contributed by atoms with Gasteiger partial charge in [0.15, 0.2) is 0 Å². The van der Waals surface area contributed by atoms with Crippen LogP contribution >= 0.6 is 0 Å².